The molecular formula is C14H20N4O2. The molecule has 1 atom stereocenters. The number of rotatable bonds is 5. The molecule has 2 rings (SSSR count). The molecule has 0 aliphatic carbocycles. The average Bonchev–Trinajstić information content (AvgIpc) is 2.86. The molecule has 3 N–H and O–H groups in total. The molecule has 108 valence electrons. The predicted molar refractivity (Wildman–Crippen MR) is 77.3 cm³/mol. The SMILES string of the molecule is CCCC(N)C(=O)Nc1ccc(N2CCCC2=O)cn1. The van der Waals surface area contributed by atoms with Crippen LogP contribution in [-0.2, 0) is 9.59 Å². The Morgan fingerprint density at radius 2 is 2.35 bits per heavy atom. The van der Waals surface area contributed by atoms with Gasteiger partial charge in [0, 0.05) is 13.0 Å². The molecule has 1 aromatic rings. The van der Waals surface area contributed by atoms with Crippen LogP contribution in [0.1, 0.15) is 32.6 Å². The molecule has 6 heteroatoms. The molecule has 1 saturated heterocycles. The van der Waals surface area contributed by atoms with E-state index in [9.17, 15) is 9.59 Å². The number of nitrogens with one attached hydrogen (secondary N) is 1. The van der Waals surface area contributed by atoms with E-state index in [1.54, 1.807) is 23.2 Å². The van der Waals surface area contributed by atoms with Crippen LogP contribution in [0.3, 0.4) is 0 Å². The molecule has 2 heterocycles. The number of carbonyl (C=O) groups is 2. The van der Waals surface area contributed by atoms with Crippen molar-refractivity contribution in [1.29, 1.82) is 0 Å². The Bertz CT molecular complexity index is 486. The van der Waals surface area contributed by atoms with E-state index < -0.39 is 6.04 Å². The van der Waals surface area contributed by atoms with Gasteiger partial charge in [-0.3, -0.25) is 9.59 Å². The Labute approximate surface area is 118 Å². The molecule has 6 nitrogen and oxygen atoms in total. The lowest BCUT2D eigenvalue weighted by Gasteiger charge is -2.16. The van der Waals surface area contributed by atoms with Crippen LogP contribution in [0, 0.1) is 0 Å². The maximum atomic E-state index is 11.8. The Kier molecular flexibility index (Phi) is 4.68. The number of hydrogen-bond acceptors (Lipinski definition) is 4. The molecule has 0 bridgehead atoms. The fourth-order valence-corrected chi connectivity index (χ4v) is 2.20. The van der Waals surface area contributed by atoms with Gasteiger partial charge in [-0.2, -0.15) is 0 Å². The van der Waals surface area contributed by atoms with Crippen LogP contribution in [0.2, 0.25) is 0 Å². The van der Waals surface area contributed by atoms with E-state index in [2.05, 4.69) is 10.3 Å². The van der Waals surface area contributed by atoms with Gasteiger partial charge in [-0.1, -0.05) is 13.3 Å². The fraction of sp³-hybridized carbons (Fsp3) is 0.500. The van der Waals surface area contributed by atoms with Gasteiger partial charge in [0.05, 0.1) is 17.9 Å². The van der Waals surface area contributed by atoms with Crippen molar-refractivity contribution in [1.82, 2.24) is 4.98 Å². The molecule has 1 aliphatic heterocycles. The highest BCUT2D eigenvalue weighted by atomic mass is 16.2. The van der Waals surface area contributed by atoms with Gasteiger partial charge in [0.25, 0.3) is 0 Å². The third-order valence-electron chi connectivity index (χ3n) is 3.32. The van der Waals surface area contributed by atoms with Gasteiger partial charge in [-0.15, -0.1) is 0 Å². The van der Waals surface area contributed by atoms with Crippen molar-refractivity contribution in [3.05, 3.63) is 18.3 Å². The van der Waals surface area contributed by atoms with Gasteiger partial charge < -0.3 is 16.0 Å². The number of carbonyl (C=O) groups excluding carboxylic acids is 2. The van der Waals surface area contributed by atoms with Crippen molar-refractivity contribution < 1.29 is 9.59 Å². The second-order valence-electron chi connectivity index (χ2n) is 4.93. The molecule has 0 radical (unpaired) electrons. The van der Waals surface area contributed by atoms with Crippen molar-refractivity contribution in [2.45, 2.75) is 38.6 Å². The van der Waals surface area contributed by atoms with Crippen LogP contribution >= 0.6 is 0 Å². The number of pyridine rings is 1. The molecule has 1 aliphatic rings. The number of amides is 2. The minimum Gasteiger partial charge on any atom is -0.320 e. The molecule has 0 aromatic carbocycles. The Balaban J connectivity index is 1.98. The quantitative estimate of drug-likeness (QED) is 0.847. The number of nitrogens with zero attached hydrogens (tertiary/aromatic N) is 2. The van der Waals surface area contributed by atoms with Gasteiger partial charge in [0.2, 0.25) is 11.8 Å². The highest BCUT2D eigenvalue weighted by molar-refractivity contribution is 5.96. The highest BCUT2D eigenvalue weighted by Crippen LogP contribution is 2.21. The zero-order valence-corrected chi connectivity index (χ0v) is 11.6. The Hall–Kier alpha value is -1.95. The maximum Gasteiger partial charge on any atom is 0.242 e. The monoisotopic (exact) mass is 276 g/mol. The second kappa shape index (κ2) is 6.47. The summed E-state index contributed by atoms with van der Waals surface area (Å²) >= 11 is 0. The van der Waals surface area contributed by atoms with E-state index in [0.717, 1.165) is 25.1 Å². The van der Waals surface area contributed by atoms with Crippen molar-refractivity contribution in [3.8, 4) is 0 Å². The lowest BCUT2D eigenvalue weighted by atomic mass is 10.2. The van der Waals surface area contributed by atoms with Gasteiger partial charge in [0.1, 0.15) is 5.82 Å². The number of aromatic nitrogens is 1. The predicted octanol–water partition coefficient (Wildman–Crippen LogP) is 1.27. The first-order valence-corrected chi connectivity index (χ1v) is 6.94. The van der Waals surface area contributed by atoms with Crippen LogP contribution in [0.15, 0.2) is 18.3 Å². The van der Waals surface area contributed by atoms with E-state index in [0.29, 0.717) is 18.7 Å². The first-order chi connectivity index (χ1) is 9.61. The topological polar surface area (TPSA) is 88.3 Å². The smallest absolute Gasteiger partial charge is 0.242 e. The summed E-state index contributed by atoms with van der Waals surface area (Å²) in [6, 6.07) is 2.97. The molecule has 1 unspecified atom stereocenters. The molecular weight excluding hydrogens is 256 g/mol. The van der Waals surface area contributed by atoms with E-state index >= 15 is 0 Å². The first-order valence-electron chi connectivity index (χ1n) is 6.94. The highest BCUT2D eigenvalue weighted by Gasteiger charge is 2.22. The lowest BCUT2D eigenvalue weighted by molar-refractivity contribution is -0.118. The van der Waals surface area contributed by atoms with Crippen molar-refractivity contribution >= 4 is 23.3 Å². The molecule has 1 fully saturated rings. The van der Waals surface area contributed by atoms with Crippen molar-refractivity contribution in [2.24, 2.45) is 5.73 Å². The minimum absolute atomic E-state index is 0.119. The molecule has 2 amide bonds. The average molecular weight is 276 g/mol. The van der Waals surface area contributed by atoms with Gasteiger partial charge in [-0.05, 0) is 25.0 Å². The standard InChI is InChI=1S/C14H20N4O2/c1-2-4-11(15)14(20)17-12-7-6-10(9-16-12)18-8-3-5-13(18)19/h6-7,9,11H,2-5,8,15H2,1H3,(H,16,17,20). The molecule has 20 heavy (non-hydrogen) atoms. The molecule has 0 saturated carbocycles. The van der Waals surface area contributed by atoms with Crippen molar-refractivity contribution in [3.63, 3.8) is 0 Å². The largest absolute Gasteiger partial charge is 0.320 e. The lowest BCUT2D eigenvalue weighted by Crippen LogP contribution is -2.35. The van der Waals surface area contributed by atoms with Gasteiger partial charge >= 0.3 is 0 Å². The summed E-state index contributed by atoms with van der Waals surface area (Å²) in [6.07, 6.45) is 4.57. The zero-order chi connectivity index (χ0) is 14.5. The maximum absolute atomic E-state index is 11.8. The minimum atomic E-state index is -0.512. The summed E-state index contributed by atoms with van der Waals surface area (Å²) < 4.78 is 0. The van der Waals surface area contributed by atoms with Gasteiger partial charge in [0.15, 0.2) is 0 Å². The normalized spacial score (nSPS) is 16.3. The third-order valence-corrected chi connectivity index (χ3v) is 3.32. The number of anilines is 2. The second-order valence-corrected chi connectivity index (χ2v) is 4.93. The first kappa shape index (κ1) is 14.5. The van der Waals surface area contributed by atoms with E-state index in [4.69, 9.17) is 5.73 Å². The summed E-state index contributed by atoms with van der Waals surface area (Å²) in [5.74, 6) is 0.342. The summed E-state index contributed by atoms with van der Waals surface area (Å²) in [6.45, 7) is 2.71. The zero-order valence-electron chi connectivity index (χ0n) is 11.6. The fourth-order valence-electron chi connectivity index (χ4n) is 2.20. The summed E-state index contributed by atoms with van der Waals surface area (Å²) in [5, 5.41) is 2.68. The van der Waals surface area contributed by atoms with Crippen LogP contribution in [0.25, 0.3) is 0 Å². The number of hydrogen-bond donors (Lipinski definition) is 2. The molecule has 0 spiro atoms. The van der Waals surface area contributed by atoms with Crippen LogP contribution in [0.4, 0.5) is 11.5 Å². The van der Waals surface area contributed by atoms with E-state index in [1.807, 2.05) is 6.92 Å². The summed E-state index contributed by atoms with van der Waals surface area (Å²) in [5.41, 5.74) is 6.50. The van der Waals surface area contributed by atoms with Crippen LogP contribution < -0.4 is 16.0 Å². The summed E-state index contributed by atoms with van der Waals surface area (Å²) in [7, 11) is 0. The van der Waals surface area contributed by atoms with E-state index in [1.165, 1.54) is 0 Å². The van der Waals surface area contributed by atoms with Crippen LogP contribution in [0.5, 0.6) is 0 Å². The number of nitrogens with two attached hydrogens (primary N) is 1. The Morgan fingerprint density at radius 1 is 1.55 bits per heavy atom. The van der Waals surface area contributed by atoms with E-state index in [-0.39, 0.29) is 11.8 Å². The van der Waals surface area contributed by atoms with Crippen molar-refractivity contribution in [2.75, 3.05) is 16.8 Å². The van der Waals surface area contributed by atoms with Crippen LogP contribution in [-0.4, -0.2) is 29.4 Å². The Morgan fingerprint density at radius 3 is 2.90 bits per heavy atom. The third kappa shape index (κ3) is 3.33. The summed E-state index contributed by atoms with van der Waals surface area (Å²) in [4.78, 5) is 29.2. The molecule has 1 aromatic heterocycles. The van der Waals surface area contributed by atoms with Gasteiger partial charge in [-0.25, -0.2) is 4.98 Å².